The molecule has 1 aromatic rings. The van der Waals surface area contributed by atoms with E-state index < -0.39 is 0 Å². The Morgan fingerprint density at radius 3 is 2.56 bits per heavy atom. The molecule has 0 amide bonds. The van der Waals surface area contributed by atoms with Gasteiger partial charge < -0.3 is 0 Å². The average molecular weight is 389 g/mol. The van der Waals surface area contributed by atoms with Gasteiger partial charge in [-0.05, 0) is 109 Å². The van der Waals surface area contributed by atoms with Crippen LogP contribution in [0.2, 0.25) is 0 Å². The molecule has 0 radical (unpaired) electrons. The summed E-state index contributed by atoms with van der Waals surface area (Å²) in [7, 11) is 0. The second-order valence-corrected chi connectivity index (χ2v) is 9.35. The number of hydrogen-bond donors (Lipinski definition) is 0. The first-order valence-electron chi connectivity index (χ1n) is 10.3. The third-order valence-electron chi connectivity index (χ3n) is 6.23. The number of rotatable bonds is 8. The van der Waals surface area contributed by atoms with Crippen LogP contribution in [-0.2, 0) is 0 Å². The maximum Gasteiger partial charge on any atom is 0.150 e. The summed E-state index contributed by atoms with van der Waals surface area (Å²) in [4.78, 5) is 7.29. The number of piperidine rings is 1. The van der Waals surface area contributed by atoms with E-state index in [1.165, 1.54) is 44.6 Å². The summed E-state index contributed by atoms with van der Waals surface area (Å²) in [6, 6.07) is 3.54. The van der Waals surface area contributed by atoms with Gasteiger partial charge in [-0.3, -0.25) is 9.89 Å². The molecule has 1 aromatic carbocycles. The van der Waals surface area contributed by atoms with Gasteiger partial charge in [0.25, 0.3) is 0 Å². The highest BCUT2D eigenvalue weighted by Gasteiger charge is 2.25. The number of hydrogen-bond acceptors (Lipinski definition) is 3. The van der Waals surface area contributed by atoms with Crippen LogP contribution in [0.3, 0.4) is 0 Å². The fourth-order valence-electron chi connectivity index (χ4n) is 4.01. The molecule has 2 nitrogen and oxygen atoms in total. The van der Waals surface area contributed by atoms with E-state index in [1.807, 2.05) is 13.0 Å². The Kier molecular flexibility index (Phi) is 7.16. The summed E-state index contributed by atoms with van der Waals surface area (Å²) in [5.74, 6) is 2.40. The van der Waals surface area contributed by atoms with Crippen LogP contribution in [0.1, 0.15) is 57.9 Å². The third kappa shape index (κ3) is 5.68. The minimum absolute atomic E-state index is 0.267. The Morgan fingerprint density at radius 1 is 1.22 bits per heavy atom. The molecule has 3 rings (SSSR count). The van der Waals surface area contributed by atoms with Gasteiger partial charge in [-0.1, -0.05) is 11.1 Å². The van der Waals surface area contributed by atoms with Crippen molar-refractivity contribution < 1.29 is 4.39 Å². The van der Waals surface area contributed by atoms with Gasteiger partial charge in [0.05, 0.1) is 0 Å². The van der Waals surface area contributed by atoms with Crippen molar-refractivity contribution in [1.82, 2.24) is 4.90 Å². The maximum absolute atomic E-state index is 14.0. The third-order valence-corrected chi connectivity index (χ3v) is 7.35. The van der Waals surface area contributed by atoms with Crippen LogP contribution in [0.5, 0.6) is 0 Å². The molecule has 148 valence electrons. The second kappa shape index (κ2) is 9.38. The molecule has 1 saturated carbocycles. The van der Waals surface area contributed by atoms with Crippen molar-refractivity contribution >= 4 is 24.2 Å². The van der Waals surface area contributed by atoms with Crippen molar-refractivity contribution in [3.05, 3.63) is 34.7 Å². The summed E-state index contributed by atoms with van der Waals surface area (Å²) in [6.45, 7) is 12.4. The van der Waals surface area contributed by atoms with E-state index in [2.05, 4.69) is 30.5 Å². The van der Waals surface area contributed by atoms with Gasteiger partial charge in [-0.2, -0.15) is 0 Å². The first-order chi connectivity index (χ1) is 13.0. The van der Waals surface area contributed by atoms with Gasteiger partial charge in [0.2, 0.25) is 0 Å². The summed E-state index contributed by atoms with van der Waals surface area (Å²) in [5.41, 5.74) is 4.64. The van der Waals surface area contributed by atoms with Crippen LogP contribution in [0.4, 0.5) is 10.1 Å². The van der Waals surface area contributed by atoms with Crippen molar-refractivity contribution in [3.8, 4) is 0 Å². The van der Waals surface area contributed by atoms with Crippen molar-refractivity contribution in [3.63, 3.8) is 0 Å². The number of aliphatic imine (C=N–C) groups is 1. The fourth-order valence-corrected chi connectivity index (χ4v) is 5.16. The number of benzene rings is 1. The molecule has 1 saturated heterocycles. The van der Waals surface area contributed by atoms with Gasteiger partial charge in [-0.15, -0.1) is 11.8 Å². The summed E-state index contributed by atoms with van der Waals surface area (Å²) in [6.07, 6.45) is 8.00. The highest BCUT2D eigenvalue weighted by Crippen LogP contribution is 2.39. The first-order valence-corrected chi connectivity index (χ1v) is 11.2. The smallest absolute Gasteiger partial charge is 0.150 e. The molecule has 1 aliphatic heterocycles. The van der Waals surface area contributed by atoms with Crippen molar-refractivity contribution in [2.45, 2.75) is 64.2 Å². The number of allylic oxidation sites excluding steroid dienone is 2. The molecule has 1 heterocycles. The molecule has 0 atom stereocenters. The quantitative estimate of drug-likeness (QED) is 0.278. The normalized spacial score (nSPS) is 19.9. The van der Waals surface area contributed by atoms with Gasteiger partial charge in [0, 0.05) is 10.8 Å². The lowest BCUT2D eigenvalue weighted by Crippen LogP contribution is -2.33. The molecule has 0 spiro atoms. The number of likely N-dealkylation sites (tertiary alicyclic amines) is 1. The molecule has 2 fully saturated rings. The minimum Gasteiger partial charge on any atom is -0.294 e. The lowest BCUT2D eigenvalue weighted by Gasteiger charge is -2.32. The number of thioether (sulfide) groups is 1. The zero-order valence-corrected chi connectivity index (χ0v) is 17.9. The Hall–Kier alpha value is -1.13. The zero-order valence-electron chi connectivity index (χ0n) is 17.1. The molecule has 0 aromatic heterocycles. The molecular weight excluding hydrogens is 355 g/mol. The van der Waals surface area contributed by atoms with E-state index >= 15 is 0 Å². The standard InChI is InChI=1S/C23H33FN2S/c1-16-13-21(24)23(25-4)22(14-16)27-15-26-11-9-19(10-12-26)6-5-17(2)18(3)20-7-8-20/h13-14,19-20H,4-12,15H2,1-3H3/b18-17-. The van der Waals surface area contributed by atoms with E-state index in [0.717, 1.165) is 41.3 Å². The van der Waals surface area contributed by atoms with Gasteiger partial charge in [0.1, 0.15) is 11.5 Å². The Balaban J connectivity index is 1.43. The lowest BCUT2D eigenvalue weighted by atomic mass is 9.89. The van der Waals surface area contributed by atoms with Crippen LogP contribution < -0.4 is 0 Å². The highest BCUT2D eigenvalue weighted by molar-refractivity contribution is 7.99. The maximum atomic E-state index is 14.0. The van der Waals surface area contributed by atoms with Crippen molar-refractivity contribution in [2.75, 3.05) is 19.0 Å². The van der Waals surface area contributed by atoms with Gasteiger partial charge in [0.15, 0.2) is 0 Å². The van der Waals surface area contributed by atoms with E-state index in [-0.39, 0.29) is 5.82 Å². The first kappa shape index (κ1) is 20.6. The number of nitrogens with zero attached hydrogens (tertiary/aromatic N) is 2. The average Bonchev–Trinajstić information content (AvgIpc) is 3.49. The van der Waals surface area contributed by atoms with Gasteiger partial charge >= 0.3 is 0 Å². The molecule has 0 N–H and O–H groups in total. The van der Waals surface area contributed by atoms with E-state index in [4.69, 9.17) is 0 Å². The van der Waals surface area contributed by atoms with Crippen LogP contribution in [0.25, 0.3) is 0 Å². The monoisotopic (exact) mass is 388 g/mol. The second-order valence-electron chi connectivity index (χ2n) is 8.36. The Bertz CT molecular complexity index is 701. The molecular formula is C23H33FN2S. The molecule has 0 unspecified atom stereocenters. The highest BCUT2D eigenvalue weighted by atomic mass is 32.2. The predicted octanol–water partition coefficient (Wildman–Crippen LogP) is 6.75. The van der Waals surface area contributed by atoms with E-state index in [0.29, 0.717) is 5.69 Å². The molecule has 4 heteroatoms. The van der Waals surface area contributed by atoms with Crippen molar-refractivity contribution in [1.29, 1.82) is 0 Å². The van der Waals surface area contributed by atoms with Crippen LogP contribution >= 0.6 is 11.8 Å². The molecule has 2 aliphatic rings. The van der Waals surface area contributed by atoms with E-state index in [9.17, 15) is 4.39 Å². The predicted molar refractivity (Wildman–Crippen MR) is 116 cm³/mol. The SMILES string of the molecule is C=Nc1c(F)cc(C)cc1SCN1CCC(CC/C(C)=C(/C)C2CC2)CC1. The van der Waals surface area contributed by atoms with Crippen LogP contribution in [0, 0.1) is 24.6 Å². The Morgan fingerprint density at radius 2 is 1.93 bits per heavy atom. The minimum atomic E-state index is -0.267. The van der Waals surface area contributed by atoms with E-state index in [1.54, 1.807) is 22.9 Å². The number of aryl methyl sites for hydroxylation is 1. The largest absolute Gasteiger partial charge is 0.294 e. The summed E-state index contributed by atoms with van der Waals surface area (Å²) >= 11 is 1.68. The van der Waals surface area contributed by atoms with Crippen LogP contribution in [-0.4, -0.2) is 30.6 Å². The molecule has 27 heavy (non-hydrogen) atoms. The summed E-state index contributed by atoms with van der Waals surface area (Å²) in [5, 5.41) is 0. The summed E-state index contributed by atoms with van der Waals surface area (Å²) < 4.78 is 14.0. The van der Waals surface area contributed by atoms with Crippen LogP contribution in [0.15, 0.2) is 33.2 Å². The number of halogens is 1. The zero-order chi connectivity index (χ0) is 19.4. The topological polar surface area (TPSA) is 15.6 Å². The Labute approximate surface area is 168 Å². The van der Waals surface area contributed by atoms with Gasteiger partial charge in [-0.25, -0.2) is 4.39 Å². The molecule has 1 aliphatic carbocycles. The van der Waals surface area contributed by atoms with Crippen molar-refractivity contribution in [2.24, 2.45) is 16.8 Å². The molecule has 0 bridgehead atoms. The lowest BCUT2D eigenvalue weighted by molar-refractivity contribution is 0.205. The fraction of sp³-hybridized carbons (Fsp3) is 0.609.